The lowest BCUT2D eigenvalue weighted by Crippen LogP contribution is -2.34. The molecule has 0 atom stereocenters. The number of amides is 1. The van der Waals surface area contributed by atoms with Crippen LogP contribution >= 0.6 is 0 Å². The second-order valence-electron chi connectivity index (χ2n) is 3.06. The summed E-state index contributed by atoms with van der Waals surface area (Å²) in [5.41, 5.74) is 4.64. The summed E-state index contributed by atoms with van der Waals surface area (Å²) in [6.45, 7) is 0. The van der Waals surface area contributed by atoms with Gasteiger partial charge in [0, 0.05) is 0 Å². The van der Waals surface area contributed by atoms with Gasteiger partial charge in [-0.2, -0.15) is 4.99 Å². The first kappa shape index (κ1) is 6.64. The molecular formula is C7H10N2O2. The van der Waals surface area contributed by atoms with Crippen LogP contribution < -0.4 is 5.73 Å². The van der Waals surface area contributed by atoms with Crippen LogP contribution in [0.4, 0.5) is 0 Å². The highest BCUT2D eigenvalue weighted by Crippen LogP contribution is 2.36. The summed E-state index contributed by atoms with van der Waals surface area (Å²) < 4.78 is 5.20. The molecule has 0 unspecified atom stereocenters. The Labute approximate surface area is 64.4 Å². The summed E-state index contributed by atoms with van der Waals surface area (Å²) in [5.74, 6) is -0.187. The molecule has 4 heteroatoms. The van der Waals surface area contributed by atoms with Gasteiger partial charge >= 0.3 is 0 Å². The van der Waals surface area contributed by atoms with Gasteiger partial charge in [-0.3, -0.25) is 4.79 Å². The molecule has 1 aliphatic heterocycles. The van der Waals surface area contributed by atoms with Gasteiger partial charge in [0.2, 0.25) is 0 Å². The molecule has 1 fully saturated rings. The molecule has 0 bridgehead atoms. The van der Waals surface area contributed by atoms with Gasteiger partial charge in [0.25, 0.3) is 11.9 Å². The van der Waals surface area contributed by atoms with E-state index in [4.69, 9.17) is 10.5 Å². The molecule has 1 saturated carbocycles. The molecule has 4 nitrogen and oxygen atoms in total. The minimum atomic E-state index is -0.649. The molecule has 0 aromatic rings. The summed E-state index contributed by atoms with van der Waals surface area (Å²) in [4.78, 5) is 14.8. The lowest BCUT2D eigenvalue weighted by atomic mass is 10.0. The Hall–Kier alpha value is -1.06. The van der Waals surface area contributed by atoms with E-state index in [2.05, 4.69) is 4.99 Å². The van der Waals surface area contributed by atoms with Gasteiger partial charge in [0.1, 0.15) is 0 Å². The van der Waals surface area contributed by atoms with E-state index in [1.807, 2.05) is 0 Å². The molecule has 1 heterocycles. The zero-order valence-corrected chi connectivity index (χ0v) is 6.17. The lowest BCUT2D eigenvalue weighted by molar-refractivity contribution is -0.130. The Morgan fingerprint density at radius 3 is 2.55 bits per heavy atom. The molecule has 0 radical (unpaired) electrons. The zero-order chi connectivity index (χ0) is 7.90. The van der Waals surface area contributed by atoms with Crippen molar-refractivity contribution in [1.82, 2.24) is 0 Å². The number of ether oxygens (including phenoxy) is 1. The highest BCUT2D eigenvalue weighted by atomic mass is 16.5. The first-order valence-corrected chi connectivity index (χ1v) is 3.81. The average molecular weight is 154 g/mol. The van der Waals surface area contributed by atoms with Crippen molar-refractivity contribution in [2.75, 3.05) is 0 Å². The summed E-state index contributed by atoms with van der Waals surface area (Å²) in [6, 6.07) is 0.0388. The highest BCUT2D eigenvalue weighted by molar-refractivity contribution is 6.00. The van der Waals surface area contributed by atoms with E-state index in [-0.39, 0.29) is 11.9 Å². The van der Waals surface area contributed by atoms with Gasteiger partial charge in [0.15, 0.2) is 5.60 Å². The fraction of sp³-hybridized carbons (Fsp3) is 0.714. The van der Waals surface area contributed by atoms with E-state index in [9.17, 15) is 4.79 Å². The number of carbonyl (C=O) groups is 1. The number of nitrogens with two attached hydrogens (primary N) is 1. The molecule has 0 aromatic carbocycles. The van der Waals surface area contributed by atoms with E-state index in [1.165, 1.54) is 0 Å². The number of rotatable bonds is 0. The van der Waals surface area contributed by atoms with Gasteiger partial charge in [-0.15, -0.1) is 0 Å². The van der Waals surface area contributed by atoms with Crippen molar-refractivity contribution in [2.45, 2.75) is 31.3 Å². The molecular weight excluding hydrogens is 144 g/mol. The molecule has 2 aliphatic rings. The molecule has 2 N–H and O–H groups in total. The van der Waals surface area contributed by atoms with Crippen LogP contribution in [-0.2, 0) is 9.53 Å². The molecule has 0 aromatic heterocycles. The van der Waals surface area contributed by atoms with Crippen LogP contribution in [0.3, 0.4) is 0 Å². The summed E-state index contributed by atoms with van der Waals surface area (Å²) in [5, 5.41) is 0. The van der Waals surface area contributed by atoms with Gasteiger partial charge in [-0.1, -0.05) is 0 Å². The number of hydrogen-bond acceptors (Lipinski definition) is 3. The molecule has 60 valence electrons. The Balaban J connectivity index is 2.24. The summed E-state index contributed by atoms with van der Waals surface area (Å²) >= 11 is 0. The van der Waals surface area contributed by atoms with E-state index in [0.29, 0.717) is 0 Å². The molecule has 1 aliphatic carbocycles. The van der Waals surface area contributed by atoms with Gasteiger partial charge in [-0.25, -0.2) is 0 Å². The Bertz CT molecular complexity index is 229. The largest absolute Gasteiger partial charge is 0.448 e. The summed E-state index contributed by atoms with van der Waals surface area (Å²) in [7, 11) is 0. The Morgan fingerprint density at radius 1 is 1.45 bits per heavy atom. The van der Waals surface area contributed by atoms with E-state index in [0.717, 1.165) is 25.7 Å². The van der Waals surface area contributed by atoms with Crippen molar-refractivity contribution in [3.63, 3.8) is 0 Å². The lowest BCUT2D eigenvalue weighted by Gasteiger charge is -2.18. The molecule has 11 heavy (non-hydrogen) atoms. The van der Waals surface area contributed by atoms with Crippen LogP contribution in [0.2, 0.25) is 0 Å². The van der Waals surface area contributed by atoms with Crippen LogP contribution in [-0.4, -0.2) is 17.5 Å². The number of nitrogens with zero attached hydrogens (tertiary/aromatic N) is 1. The van der Waals surface area contributed by atoms with Crippen molar-refractivity contribution in [3.05, 3.63) is 0 Å². The third-order valence-corrected chi connectivity index (χ3v) is 2.31. The third kappa shape index (κ3) is 0.818. The van der Waals surface area contributed by atoms with Crippen molar-refractivity contribution < 1.29 is 9.53 Å². The number of carbonyl (C=O) groups excluding carboxylic acids is 1. The van der Waals surface area contributed by atoms with Gasteiger partial charge in [0.05, 0.1) is 0 Å². The van der Waals surface area contributed by atoms with Crippen molar-refractivity contribution in [3.8, 4) is 0 Å². The van der Waals surface area contributed by atoms with Gasteiger partial charge in [-0.05, 0) is 25.7 Å². The molecule has 0 saturated heterocycles. The Kier molecular flexibility index (Phi) is 1.19. The molecule has 1 spiro atoms. The topological polar surface area (TPSA) is 64.7 Å². The van der Waals surface area contributed by atoms with Gasteiger partial charge < -0.3 is 10.5 Å². The second kappa shape index (κ2) is 1.96. The normalized spacial score (nSPS) is 27.3. The predicted molar refractivity (Wildman–Crippen MR) is 38.9 cm³/mol. The maximum atomic E-state index is 11.2. The standard InChI is InChI=1S/C7H10N2O2/c8-6-9-5(10)7(11-6)3-1-2-4-7/h1-4H2,(H2,8,9,10). The van der Waals surface area contributed by atoms with Crippen LogP contribution in [0.1, 0.15) is 25.7 Å². The van der Waals surface area contributed by atoms with E-state index < -0.39 is 5.60 Å². The van der Waals surface area contributed by atoms with Crippen LogP contribution in [0.25, 0.3) is 0 Å². The summed E-state index contributed by atoms with van der Waals surface area (Å²) in [6.07, 6.45) is 3.62. The van der Waals surface area contributed by atoms with E-state index in [1.54, 1.807) is 0 Å². The predicted octanol–water partition coefficient (Wildman–Crippen LogP) is 0.171. The first-order valence-electron chi connectivity index (χ1n) is 3.81. The minimum Gasteiger partial charge on any atom is -0.448 e. The Morgan fingerprint density at radius 2 is 2.09 bits per heavy atom. The van der Waals surface area contributed by atoms with Crippen molar-refractivity contribution in [1.29, 1.82) is 0 Å². The maximum Gasteiger partial charge on any atom is 0.294 e. The zero-order valence-electron chi connectivity index (χ0n) is 6.17. The van der Waals surface area contributed by atoms with Crippen LogP contribution in [0.15, 0.2) is 4.99 Å². The fourth-order valence-electron chi connectivity index (χ4n) is 1.73. The fourth-order valence-corrected chi connectivity index (χ4v) is 1.73. The van der Waals surface area contributed by atoms with Crippen LogP contribution in [0, 0.1) is 0 Å². The second-order valence-corrected chi connectivity index (χ2v) is 3.06. The minimum absolute atomic E-state index is 0.0388. The SMILES string of the molecule is NC1=NC(=O)C2(CCCC2)O1. The first-order chi connectivity index (χ1) is 5.23. The quantitative estimate of drug-likeness (QED) is 0.541. The average Bonchev–Trinajstić information content (AvgIpc) is 2.45. The smallest absolute Gasteiger partial charge is 0.294 e. The monoisotopic (exact) mass is 154 g/mol. The van der Waals surface area contributed by atoms with E-state index >= 15 is 0 Å². The molecule has 1 amide bonds. The number of aliphatic imine (C=N–C) groups is 1. The van der Waals surface area contributed by atoms with Crippen molar-refractivity contribution in [2.24, 2.45) is 10.7 Å². The third-order valence-electron chi connectivity index (χ3n) is 2.31. The maximum absolute atomic E-state index is 11.2. The highest BCUT2D eigenvalue weighted by Gasteiger charge is 2.47. The van der Waals surface area contributed by atoms with Crippen molar-refractivity contribution >= 4 is 11.9 Å². The van der Waals surface area contributed by atoms with Crippen LogP contribution in [0.5, 0.6) is 0 Å². The number of hydrogen-bond donors (Lipinski definition) is 1. The molecule has 2 rings (SSSR count). The number of amidine groups is 1.